The smallest absolute Gasteiger partial charge is 0.258 e. The van der Waals surface area contributed by atoms with E-state index in [0.717, 1.165) is 22.4 Å². The summed E-state index contributed by atoms with van der Waals surface area (Å²) in [5.41, 5.74) is 4.45. The Morgan fingerprint density at radius 1 is 1.05 bits per heavy atom. The molecule has 0 aliphatic rings. The van der Waals surface area contributed by atoms with Crippen molar-refractivity contribution in [3.63, 3.8) is 0 Å². The van der Waals surface area contributed by atoms with Gasteiger partial charge in [-0.2, -0.15) is 0 Å². The number of benzene rings is 2. The number of ether oxygens (including phenoxy) is 1. The molecule has 2 aromatic carbocycles. The van der Waals surface area contributed by atoms with Crippen LogP contribution in [-0.4, -0.2) is 12.5 Å². The molecular formula is C19H23NO2. The fraction of sp³-hybridized carbons (Fsp3) is 0.316. The van der Waals surface area contributed by atoms with E-state index in [2.05, 4.69) is 5.32 Å². The quantitative estimate of drug-likeness (QED) is 0.910. The molecule has 22 heavy (non-hydrogen) atoms. The van der Waals surface area contributed by atoms with Gasteiger partial charge in [0, 0.05) is 0 Å². The second-order valence-electron chi connectivity index (χ2n) is 5.76. The Kier molecular flexibility index (Phi) is 5.21. The molecule has 1 N–H and O–H groups in total. The van der Waals surface area contributed by atoms with E-state index in [1.165, 1.54) is 5.56 Å². The Hall–Kier alpha value is -2.29. The standard InChI is InChI=1S/C19H23NO2/c1-13-6-9-17(10-7-13)16(4)20-19(21)12-22-18-11-14(2)5-8-15(18)3/h5-11,16H,12H2,1-4H3,(H,20,21). The highest BCUT2D eigenvalue weighted by molar-refractivity contribution is 5.78. The molecule has 0 fully saturated rings. The second kappa shape index (κ2) is 7.12. The van der Waals surface area contributed by atoms with E-state index in [9.17, 15) is 4.79 Å². The highest BCUT2D eigenvalue weighted by Crippen LogP contribution is 2.19. The van der Waals surface area contributed by atoms with Crippen LogP contribution in [0.1, 0.15) is 35.2 Å². The lowest BCUT2D eigenvalue weighted by atomic mass is 10.1. The van der Waals surface area contributed by atoms with Crippen LogP contribution in [0.25, 0.3) is 0 Å². The number of rotatable bonds is 5. The van der Waals surface area contributed by atoms with Crippen molar-refractivity contribution in [2.24, 2.45) is 0 Å². The molecule has 2 aromatic rings. The Balaban J connectivity index is 1.90. The van der Waals surface area contributed by atoms with E-state index in [4.69, 9.17) is 4.74 Å². The molecule has 1 atom stereocenters. The van der Waals surface area contributed by atoms with Crippen molar-refractivity contribution in [3.05, 3.63) is 64.7 Å². The van der Waals surface area contributed by atoms with Gasteiger partial charge in [0.2, 0.25) is 0 Å². The summed E-state index contributed by atoms with van der Waals surface area (Å²) in [6.45, 7) is 8.03. The van der Waals surface area contributed by atoms with Gasteiger partial charge in [-0.15, -0.1) is 0 Å². The van der Waals surface area contributed by atoms with Gasteiger partial charge >= 0.3 is 0 Å². The molecule has 2 rings (SSSR count). The Labute approximate surface area is 132 Å². The third kappa shape index (κ3) is 4.35. The van der Waals surface area contributed by atoms with E-state index >= 15 is 0 Å². The first kappa shape index (κ1) is 16.1. The van der Waals surface area contributed by atoms with Gasteiger partial charge in [-0.05, 0) is 50.5 Å². The highest BCUT2D eigenvalue weighted by Gasteiger charge is 2.10. The summed E-state index contributed by atoms with van der Waals surface area (Å²) in [5.74, 6) is 0.645. The molecule has 3 heteroatoms. The van der Waals surface area contributed by atoms with Crippen LogP contribution >= 0.6 is 0 Å². The molecule has 0 saturated carbocycles. The second-order valence-corrected chi connectivity index (χ2v) is 5.76. The average Bonchev–Trinajstić information content (AvgIpc) is 2.49. The molecule has 0 saturated heterocycles. The molecule has 1 unspecified atom stereocenters. The summed E-state index contributed by atoms with van der Waals surface area (Å²) in [7, 11) is 0. The normalized spacial score (nSPS) is 11.8. The Bertz CT molecular complexity index is 647. The van der Waals surface area contributed by atoms with Crippen LogP contribution in [-0.2, 0) is 4.79 Å². The summed E-state index contributed by atoms with van der Waals surface area (Å²) >= 11 is 0. The summed E-state index contributed by atoms with van der Waals surface area (Å²) in [4.78, 5) is 12.0. The fourth-order valence-corrected chi connectivity index (χ4v) is 2.23. The van der Waals surface area contributed by atoms with Crippen LogP contribution in [0.3, 0.4) is 0 Å². The number of nitrogens with one attached hydrogen (secondary N) is 1. The molecule has 0 aliphatic heterocycles. The monoisotopic (exact) mass is 297 g/mol. The number of carbonyl (C=O) groups is 1. The summed E-state index contributed by atoms with van der Waals surface area (Å²) < 4.78 is 5.62. The lowest BCUT2D eigenvalue weighted by Gasteiger charge is -2.15. The first-order valence-electron chi connectivity index (χ1n) is 7.51. The van der Waals surface area contributed by atoms with Gasteiger partial charge in [0.25, 0.3) is 5.91 Å². The van der Waals surface area contributed by atoms with E-state index in [1.807, 2.05) is 70.2 Å². The lowest BCUT2D eigenvalue weighted by molar-refractivity contribution is -0.123. The minimum Gasteiger partial charge on any atom is -0.483 e. The van der Waals surface area contributed by atoms with Gasteiger partial charge in [-0.25, -0.2) is 0 Å². The fourth-order valence-electron chi connectivity index (χ4n) is 2.23. The molecule has 0 aromatic heterocycles. The lowest BCUT2D eigenvalue weighted by Crippen LogP contribution is -2.31. The van der Waals surface area contributed by atoms with Crippen molar-refractivity contribution in [1.82, 2.24) is 5.32 Å². The molecule has 0 radical (unpaired) electrons. The molecule has 1 amide bonds. The maximum absolute atomic E-state index is 12.0. The molecule has 0 heterocycles. The Morgan fingerprint density at radius 2 is 1.68 bits per heavy atom. The molecule has 116 valence electrons. The molecule has 0 spiro atoms. The number of hydrogen-bond donors (Lipinski definition) is 1. The summed E-state index contributed by atoms with van der Waals surface area (Å²) in [6, 6.07) is 14.1. The van der Waals surface area contributed by atoms with Crippen molar-refractivity contribution >= 4 is 5.91 Å². The minimum absolute atomic E-state index is 0.0283. The molecule has 0 aliphatic carbocycles. The van der Waals surface area contributed by atoms with Crippen molar-refractivity contribution in [2.45, 2.75) is 33.7 Å². The van der Waals surface area contributed by atoms with Gasteiger partial charge in [-0.3, -0.25) is 4.79 Å². The maximum atomic E-state index is 12.0. The van der Waals surface area contributed by atoms with Crippen LogP contribution in [0, 0.1) is 20.8 Å². The van der Waals surface area contributed by atoms with E-state index < -0.39 is 0 Å². The minimum atomic E-state index is -0.117. The van der Waals surface area contributed by atoms with Crippen LogP contribution in [0.2, 0.25) is 0 Å². The zero-order valence-electron chi connectivity index (χ0n) is 13.6. The van der Waals surface area contributed by atoms with Crippen molar-refractivity contribution < 1.29 is 9.53 Å². The summed E-state index contributed by atoms with van der Waals surface area (Å²) in [6.07, 6.45) is 0. The SMILES string of the molecule is Cc1ccc(C(C)NC(=O)COc2cc(C)ccc2C)cc1. The molecule has 0 bridgehead atoms. The van der Waals surface area contributed by atoms with Crippen LogP contribution in [0.15, 0.2) is 42.5 Å². The average molecular weight is 297 g/mol. The molecular weight excluding hydrogens is 274 g/mol. The van der Waals surface area contributed by atoms with Gasteiger partial charge in [-0.1, -0.05) is 42.0 Å². The van der Waals surface area contributed by atoms with Crippen molar-refractivity contribution in [2.75, 3.05) is 6.61 Å². The van der Waals surface area contributed by atoms with Crippen LogP contribution in [0.5, 0.6) is 5.75 Å². The summed E-state index contributed by atoms with van der Waals surface area (Å²) in [5, 5.41) is 2.96. The maximum Gasteiger partial charge on any atom is 0.258 e. The zero-order valence-corrected chi connectivity index (χ0v) is 13.6. The van der Waals surface area contributed by atoms with Crippen LogP contribution < -0.4 is 10.1 Å². The van der Waals surface area contributed by atoms with Crippen molar-refractivity contribution in [3.8, 4) is 5.75 Å². The number of hydrogen-bond acceptors (Lipinski definition) is 2. The van der Waals surface area contributed by atoms with Gasteiger partial charge in [0.15, 0.2) is 6.61 Å². The topological polar surface area (TPSA) is 38.3 Å². The van der Waals surface area contributed by atoms with E-state index in [0.29, 0.717) is 0 Å². The highest BCUT2D eigenvalue weighted by atomic mass is 16.5. The predicted octanol–water partition coefficient (Wildman–Crippen LogP) is 3.87. The number of amides is 1. The third-order valence-corrected chi connectivity index (χ3v) is 3.66. The van der Waals surface area contributed by atoms with E-state index in [1.54, 1.807) is 0 Å². The third-order valence-electron chi connectivity index (χ3n) is 3.66. The zero-order chi connectivity index (χ0) is 16.1. The van der Waals surface area contributed by atoms with E-state index in [-0.39, 0.29) is 18.6 Å². The predicted molar refractivity (Wildman–Crippen MR) is 89.1 cm³/mol. The van der Waals surface area contributed by atoms with Gasteiger partial charge < -0.3 is 10.1 Å². The van der Waals surface area contributed by atoms with Gasteiger partial charge in [0.05, 0.1) is 6.04 Å². The number of carbonyl (C=O) groups excluding carboxylic acids is 1. The largest absolute Gasteiger partial charge is 0.483 e. The Morgan fingerprint density at radius 3 is 2.36 bits per heavy atom. The van der Waals surface area contributed by atoms with Crippen LogP contribution in [0.4, 0.5) is 0 Å². The number of aryl methyl sites for hydroxylation is 3. The van der Waals surface area contributed by atoms with Gasteiger partial charge in [0.1, 0.15) is 5.75 Å². The first-order chi connectivity index (χ1) is 10.5. The first-order valence-corrected chi connectivity index (χ1v) is 7.51. The van der Waals surface area contributed by atoms with Crippen molar-refractivity contribution in [1.29, 1.82) is 0 Å². The molecule has 3 nitrogen and oxygen atoms in total.